The molecule has 0 N–H and O–H groups in total. The van der Waals surface area contributed by atoms with E-state index in [0.29, 0.717) is 31.7 Å². The summed E-state index contributed by atoms with van der Waals surface area (Å²) in [5.74, 6) is -0.323. The Kier molecular flexibility index (Phi) is 17.6. The van der Waals surface area contributed by atoms with Gasteiger partial charge in [0.2, 0.25) is 0 Å². The maximum atomic E-state index is 13.3. The molecule has 0 aliphatic carbocycles. The van der Waals surface area contributed by atoms with Gasteiger partial charge >= 0.3 is 0 Å². The molecule has 6 nitrogen and oxygen atoms in total. The molecule has 0 amide bonds. The molecule has 0 aromatic rings. The zero-order chi connectivity index (χ0) is 25.4. The molecule has 0 saturated carbocycles. The quantitative estimate of drug-likeness (QED) is 0.184. The third-order valence-corrected chi connectivity index (χ3v) is 7.03. The second kappa shape index (κ2) is 18.2. The summed E-state index contributed by atoms with van der Waals surface area (Å²) in [6.45, 7) is 16.5. The molecule has 0 bridgehead atoms. The van der Waals surface area contributed by atoms with E-state index in [-0.39, 0.29) is 23.7 Å². The first-order chi connectivity index (χ1) is 15.7. The third-order valence-electron chi connectivity index (χ3n) is 7.03. The zero-order valence-corrected chi connectivity index (χ0v) is 22.9. The summed E-state index contributed by atoms with van der Waals surface area (Å²) in [7, 11) is 3.92. The molecule has 4 atom stereocenters. The maximum absolute atomic E-state index is 13.3. The number of carbonyl (C=O) groups excluding carboxylic acids is 3. The summed E-state index contributed by atoms with van der Waals surface area (Å²) < 4.78 is 0. The van der Waals surface area contributed by atoms with Crippen molar-refractivity contribution in [3.05, 3.63) is 0 Å². The summed E-state index contributed by atoms with van der Waals surface area (Å²) in [5, 5.41) is 0. The van der Waals surface area contributed by atoms with Gasteiger partial charge in [-0.1, -0.05) is 41.5 Å². The highest BCUT2D eigenvalue weighted by atomic mass is 16.1. The van der Waals surface area contributed by atoms with Crippen molar-refractivity contribution in [2.45, 2.75) is 111 Å². The molecule has 33 heavy (non-hydrogen) atoms. The molecule has 0 saturated heterocycles. The van der Waals surface area contributed by atoms with Gasteiger partial charge in [0.25, 0.3) is 0 Å². The molecule has 0 aliphatic rings. The van der Waals surface area contributed by atoms with E-state index >= 15 is 0 Å². The first-order valence-corrected chi connectivity index (χ1v) is 13.4. The summed E-state index contributed by atoms with van der Waals surface area (Å²) in [6, 6.07) is 0.222. The van der Waals surface area contributed by atoms with Crippen LogP contribution in [0.1, 0.15) is 92.9 Å². The van der Waals surface area contributed by atoms with Crippen LogP contribution in [-0.4, -0.2) is 91.0 Å². The highest BCUT2D eigenvalue weighted by molar-refractivity contribution is 5.94. The van der Waals surface area contributed by atoms with E-state index in [0.717, 1.165) is 58.1 Å². The van der Waals surface area contributed by atoms with Gasteiger partial charge in [0.1, 0.15) is 17.9 Å². The minimum absolute atomic E-state index is 0.00906. The van der Waals surface area contributed by atoms with Crippen molar-refractivity contribution >= 4 is 17.9 Å². The summed E-state index contributed by atoms with van der Waals surface area (Å²) in [5.41, 5.74) is 0. The van der Waals surface area contributed by atoms with Crippen LogP contribution in [0.2, 0.25) is 0 Å². The van der Waals surface area contributed by atoms with Gasteiger partial charge in [0, 0.05) is 37.4 Å². The molecule has 0 spiro atoms. The van der Waals surface area contributed by atoms with Gasteiger partial charge < -0.3 is 14.6 Å². The van der Waals surface area contributed by atoms with Crippen molar-refractivity contribution in [2.75, 3.05) is 40.3 Å². The van der Waals surface area contributed by atoms with Crippen molar-refractivity contribution in [3.63, 3.8) is 0 Å². The molecule has 4 unspecified atom stereocenters. The number of ketones is 2. The molecular weight excluding hydrogens is 414 g/mol. The van der Waals surface area contributed by atoms with Crippen LogP contribution in [0.4, 0.5) is 0 Å². The fraction of sp³-hybridized carbons (Fsp3) is 0.889. The fourth-order valence-corrected chi connectivity index (χ4v) is 5.01. The summed E-state index contributed by atoms with van der Waals surface area (Å²) in [4.78, 5) is 44.7. The van der Waals surface area contributed by atoms with Crippen LogP contribution in [-0.2, 0) is 14.4 Å². The van der Waals surface area contributed by atoms with Crippen LogP contribution in [0.15, 0.2) is 0 Å². The van der Waals surface area contributed by atoms with Gasteiger partial charge in [-0.3, -0.25) is 14.5 Å². The van der Waals surface area contributed by atoms with E-state index < -0.39 is 5.92 Å². The Labute approximate surface area is 204 Å². The van der Waals surface area contributed by atoms with Crippen molar-refractivity contribution in [1.82, 2.24) is 14.7 Å². The molecule has 0 heterocycles. The number of hydrogen-bond acceptors (Lipinski definition) is 6. The average Bonchev–Trinajstić information content (AvgIpc) is 2.79. The van der Waals surface area contributed by atoms with E-state index in [4.69, 9.17) is 0 Å². The second-order valence-corrected chi connectivity index (χ2v) is 9.53. The maximum Gasteiger partial charge on any atom is 0.146 e. The first kappa shape index (κ1) is 31.9. The molecule has 0 fully saturated rings. The fourth-order valence-electron chi connectivity index (χ4n) is 5.01. The lowest BCUT2D eigenvalue weighted by Crippen LogP contribution is -2.46. The van der Waals surface area contributed by atoms with Crippen LogP contribution in [0.5, 0.6) is 0 Å². The van der Waals surface area contributed by atoms with E-state index in [9.17, 15) is 14.4 Å². The number of nitrogens with zero attached hydrogens (tertiary/aromatic N) is 3. The Bertz CT molecular complexity index is 543. The number of Topliss-reactive ketones (excluding diaryl/α,β-unsaturated/α-hetero) is 2. The smallest absolute Gasteiger partial charge is 0.146 e. The van der Waals surface area contributed by atoms with Crippen LogP contribution in [0, 0.1) is 5.92 Å². The summed E-state index contributed by atoms with van der Waals surface area (Å²) in [6.07, 6.45) is 6.65. The van der Waals surface area contributed by atoms with Crippen molar-refractivity contribution in [1.29, 1.82) is 0 Å². The monoisotopic (exact) mass is 467 g/mol. The molecule has 0 aliphatic heterocycles. The van der Waals surface area contributed by atoms with Crippen LogP contribution < -0.4 is 0 Å². The average molecular weight is 468 g/mol. The lowest BCUT2D eigenvalue weighted by molar-refractivity contribution is -0.131. The molecule has 194 valence electrons. The predicted octanol–water partition coefficient (Wildman–Crippen LogP) is 4.45. The Balaban J connectivity index is 5.17. The Morgan fingerprint density at radius 3 is 1.76 bits per heavy atom. The van der Waals surface area contributed by atoms with Crippen LogP contribution in [0.3, 0.4) is 0 Å². The number of carbonyl (C=O) groups is 3. The normalized spacial score (nSPS) is 15.6. The Morgan fingerprint density at radius 2 is 1.36 bits per heavy atom. The minimum Gasteiger partial charge on any atom is -0.306 e. The molecule has 0 aromatic heterocycles. The van der Waals surface area contributed by atoms with Gasteiger partial charge in [-0.2, -0.15) is 0 Å². The van der Waals surface area contributed by atoms with E-state index in [1.807, 2.05) is 19.0 Å². The Morgan fingerprint density at radius 1 is 0.788 bits per heavy atom. The second-order valence-electron chi connectivity index (χ2n) is 9.53. The van der Waals surface area contributed by atoms with E-state index in [1.54, 1.807) is 0 Å². The van der Waals surface area contributed by atoms with E-state index in [1.165, 1.54) is 0 Å². The molecular formula is C27H53N3O3. The highest BCUT2D eigenvalue weighted by Gasteiger charge is 2.32. The van der Waals surface area contributed by atoms with Crippen LogP contribution in [0.25, 0.3) is 0 Å². The largest absolute Gasteiger partial charge is 0.306 e. The lowest BCUT2D eigenvalue weighted by atomic mass is 9.88. The SMILES string of the molecule is CCCN(CCC)C(CC)C(C=O)C(=O)CC(CCC(=O)CC(CC)N(CC)CC)N(C)C. The first-order valence-electron chi connectivity index (χ1n) is 13.4. The topological polar surface area (TPSA) is 60.9 Å². The van der Waals surface area contributed by atoms with Crippen LogP contribution >= 0.6 is 0 Å². The minimum atomic E-state index is -0.599. The molecule has 6 heteroatoms. The molecule has 0 rings (SSSR count). The molecule has 0 aromatic carbocycles. The van der Waals surface area contributed by atoms with Crippen molar-refractivity contribution in [3.8, 4) is 0 Å². The molecule has 0 radical (unpaired) electrons. The zero-order valence-electron chi connectivity index (χ0n) is 22.9. The highest BCUT2D eigenvalue weighted by Crippen LogP contribution is 2.21. The third kappa shape index (κ3) is 11.2. The van der Waals surface area contributed by atoms with Gasteiger partial charge in [-0.25, -0.2) is 0 Å². The van der Waals surface area contributed by atoms with Crippen molar-refractivity contribution < 1.29 is 14.4 Å². The van der Waals surface area contributed by atoms with Gasteiger partial charge in [-0.15, -0.1) is 0 Å². The Hall–Kier alpha value is -1.11. The van der Waals surface area contributed by atoms with E-state index in [2.05, 4.69) is 51.3 Å². The number of hydrogen-bond donors (Lipinski definition) is 0. The lowest BCUT2D eigenvalue weighted by Gasteiger charge is -2.34. The van der Waals surface area contributed by atoms with Gasteiger partial charge in [0.15, 0.2) is 0 Å². The predicted molar refractivity (Wildman–Crippen MR) is 139 cm³/mol. The standard InChI is InChI=1S/C27H53N3O3/c1-9-17-30(18-10-2)26(12-4)25(21-31)27(33)20-23(28(7)8)15-16-24(32)19-22(11-3)29(13-5)14-6/h21-23,25-26H,9-20H2,1-8H3. The van der Waals surface area contributed by atoms with Gasteiger partial charge in [0.05, 0.1) is 5.92 Å². The van der Waals surface area contributed by atoms with Crippen molar-refractivity contribution in [2.24, 2.45) is 5.92 Å². The van der Waals surface area contributed by atoms with Gasteiger partial charge in [-0.05, 0) is 72.4 Å². The summed E-state index contributed by atoms with van der Waals surface area (Å²) >= 11 is 0. The number of rotatable bonds is 21. The number of aldehydes is 1.